The van der Waals surface area contributed by atoms with Crippen molar-refractivity contribution in [1.29, 1.82) is 0 Å². The zero-order chi connectivity index (χ0) is 14.5. The Bertz CT molecular complexity index is 567. The molecule has 0 saturated heterocycles. The van der Waals surface area contributed by atoms with Crippen LogP contribution in [-0.4, -0.2) is 11.0 Å². The van der Waals surface area contributed by atoms with Crippen LogP contribution in [0, 0.1) is 6.92 Å². The number of thioether (sulfide) groups is 1. The lowest BCUT2D eigenvalue weighted by Gasteiger charge is -2.05. The standard InChI is InChI=1S/C15H19BrN2S2/c1-10(2)17-8-14-11(3)18-15(20-14)9-19-13-6-4-5-12(16)7-13/h4-7,10,17H,8-9H2,1-3H3. The topological polar surface area (TPSA) is 24.9 Å². The lowest BCUT2D eigenvalue weighted by molar-refractivity contribution is 0.591. The quantitative estimate of drug-likeness (QED) is 0.723. The van der Waals surface area contributed by atoms with E-state index in [9.17, 15) is 0 Å². The largest absolute Gasteiger partial charge is 0.310 e. The van der Waals surface area contributed by atoms with E-state index >= 15 is 0 Å². The van der Waals surface area contributed by atoms with Crippen LogP contribution in [0.1, 0.15) is 29.4 Å². The van der Waals surface area contributed by atoms with Gasteiger partial charge < -0.3 is 5.32 Å². The number of nitrogens with one attached hydrogen (secondary N) is 1. The second-order valence-corrected chi connectivity index (χ2v) is 8.03. The van der Waals surface area contributed by atoms with Gasteiger partial charge in [-0.2, -0.15) is 0 Å². The van der Waals surface area contributed by atoms with Gasteiger partial charge in [-0.3, -0.25) is 0 Å². The lowest BCUT2D eigenvalue weighted by atomic mass is 10.3. The molecule has 0 spiro atoms. The molecule has 20 heavy (non-hydrogen) atoms. The monoisotopic (exact) mass is 370 g/mol. The third kappa shape index (κ3) is 4.88. The summed E-state index contributed by atoms with van der Waals surface area (Å²) in [6.45, 7) is 7.35. The molecular weight excluding hydrogens is 352 g/mol. The molecule has 0 aliphatic rings. The smallest absolute Gasteiger partial charge is 0.103 e. The number of hydrogen-bond donors (Lipinski definition) is 1. The molecule has 1 aromatic heterocycles. The van der Waals surface area contributed by atoms with E-state index in [4.69, 9.17) is 0 Å². The number of nitrogens with zero attached hydrogens (tertiary/aromatic N) is 1. The molecule has 2 rings (SSSR count). The molecule has 0 amide bonds. The van der Waals surface area contributed by atoms with Gasteiger partial charge in [0.1, 0.15) is 5.01 Å². The molecular formula is C15H19BrN2S2. The van der Waals surface area contributed by atoms with E-state index in [-0.39, 0.29) is 0 Å². The Morgan fingerprint density at radius 1 is 1.40 bits per heavy atom. The van der Waals surface area contributed by atoms with Crippen molar-refractivity contribution in [3.63, 3.8) is 0 Å². The maximum absolute atomic E-state index is 4.67. The molecule has 0 aliphatic carbocycles. The van der Waals surface area contributed by atoms with Crippen molar-refractivity contribution in [2.45, 2.75) is 44.0 Å². The Kier molecular flexibility index (Phi) is 6.08. The van der Waals surface area contributed by atoms with Crippen LogP contribution in [0.15, 0.2) is 33.6 Å². The van der Waals surface area contributed by atoms with Gasteiger partial charge in [-0.05, 0) is 25.1 Å². The summed E-state index contributed by atoms with van der Waals surface area (Å²) in [6.07, 6.45) is 0. The maximum Gasteiger partial charge on any atom is 0.103 e. The summed E-state index contributed by atoms with van der Waals surface area (Å²) in [7, 11) is 0. The van der Waals surface area contributed by atoms with E-state index in [1.807, 2.05) is 29.2 Å². The molecule has 5 heteroatoms. The Morgan fingerprint density at radius 2 is 2.20 bits per heavy atom. The molecule has 0 saturated carbocycles. The van der Waals surface area contributed by atoms with Gasteiger partial charge in [0, 0.05) is 26.8 Å². The van der Waals surface area contributed by atoms with E-state index in [0.29, 0.717) is 6.04 Å². The first kappa shape index (κ1) is 16.0. The van der Waals surface area contributed by atoms with Gasteiger partial charge in [0.15, 0.2) is 0 Å². The fraction of sp³-hybridized carbons (Fsp3) is 0.400. The molecule has 2 aromatic rings. The van der Waals surface area contributed by atoms with Crippen molar-refractivity contribution in [1.82, 2.24) is 10.3 Å². The molecule has 1 N–H and O–H groups in total. The first-order valence-electron chi connectivity index (χ1n) is 6.61. The average molecular weight is 371 g/mol. The summed E-state index contributed by atoms with van der Waals surface area (Å²) in [4.78, 5) is 7.29. The van der Waals surface area contributed by atoms with Gasteiger partial charge in [0.2, 0.25) is 0 Å². The summed E-state index contributed by atoms with van der Waals surface area (Å²) < 4.78 is 1.12. The van der Waals surface area contributed by atoms with Crippen molar-refractivity contribution in [3.8, 4) is 0 Å². The predicted molar refractivity (Wildman–Crippen MR) is 92.5 cm³/mol. The summed E-state index contributed by atoms with van der Waals surface area (Å²) in [5, 5.41) is 4.66. The van der Waals surface area contributed by atoms with Crippen LogP contribution in [0.5, 0.6) is 0 Å². The molecule has 108 valence electrons. The summed E-state index contributed by atoms with van der Waals surface area (Å²) in [6, 6.07) is 8.91. The summed E-state index contributed by atoms with van der Waals surface area (Å²) in [5.41, 5.74) is 1.16. The van der Waals surface area contributed by atoms with E-state index in [1.54, 1.807) is 0 Å². The third-order valence-corrected chi connectivity index (χ3v) is 5.60. The number of halogens is 1. The van der Waals surface area contributed by atoms with Gasteiger partial charge in [-0.15, -0.1) is 23.1 Å². The number of aryl methyl sites for hydroxylation is 1. The zero-order valence-electron chi connectivity index (χ0n) is 11.9. The summed E-state index contributed by atoms with van der Waals surface area (Å²) in [5.74, 6) is 0.934. The molecule has 0 fully saturated rings. The van der Waals surface area contributed by atoms with Gasteiger partial charge in [-0.1, -0.05) is 35.8 Å². The first-order valence-corrected chi connectivity index (χ1v) is 9.21. The number of aromatic nitrogens is 1. The van der Waals surface area contributed by atoms with E-state index in [0.717, 1.165) is 22.5 Å². The van der Waals surface area contributed by atoms with E-state index in [2.05, 4.69) is 65.2 Å². The van der Waals surface area contributed by atoms with Crippen molar-refractivity contribution in [3.05, 3.63) is 44.3 Å². The first-order chi connectivity index (χ1) is 9.54. The molecule has 0 aliphatic heterocycles. The van der Waals surface area contributed by atoms with Crippen molar-refractivity contribution in [2.75, 3.05) is 0 Å². The molecule has 0 unspecified atom stereocenters. The highest BCUT2D eigenvalue weighted by atomic mass is 79.9. The normalized spacial score (nSPS) is 11.2. The van der Waals surface area contributed by atoms with Crippen molar-refractivity contribution in [2.24, 2.45) is 0 Å². The minimum Gasteiger partial charge on any atom is -0.310 e. The molecule has 1 heterocycles. The molecule has 2 nitrogen and oxygen atoms in total. The Hall–Kier alpha value is -0.360. The minimum absolute atomic E-state index is 0.510. The second kappa shape index (κ2) is 7.59. The Morgan fingerprint density at radius 3 is 2.90 bits per heavy atom. The lowest BCUT2D eigenvalue weighted by Crippen LogP contribution is -2.21. The number of benzene rings is 1. The fourth-order valence-corrected chi connectivity index (χ4v) is 4.23. The minimum atomic E-state index is 0.510. The van der Waals surface area contributed by atoms with Crippen molar-refractivity contribution < 1.29 is 0 Å². The van der Waals surface area contributed by atoms with E-state index < -0.39 is 0 Å². The number of hydrogen-bond acceptors (Lipinski definition) is 4. The number of thiazole rings is 1. The SMILES string of the molecule is Cc1nc(CSc2cccc(Br)c2)sc1CNC(C)C. The Balaban J connectivity index is 1.95. The fourth-order valence-electron chi connectivity index (χ4n) is 1.71. The highest BCUT2D eigenvalue weighted by Crippen LogP contribution is 2.28. The molecule has 1 aromatic carbocycles. The van der Waals surface area contributed by atoms with Crippen LogP contribution in [0.25, 0.3) is 0 Å². The summed E-state index contributed by atoms with van der Waals surface area (Å²) >= 11 is 7.15. The highest BCUT2D eigenvalue weighted by molar-refractivity contribution is 9.10. The van der Waals surface area contributed by atoms with Crippen LogP contribution in [0.4, 0.5) is 0 Å². The van der Waals surface area contributed by atoms with E-state index in [1.165, 1.54) is 14.8 Å². The van der Waals surface area contributed by atoms with Gasteiger partial charge in [0.25, 0.3) is 0 Å². The zero-order valence-corrected chi connectivity index (χ0v) is 15.2. The average Bonchev–Trinajstić information content (AvgIpc) is 2.75. The Labute approximate surface area is 137 Å². The van der Waals surface area contributed by atoms with Crippen LogP contribution in [-0.2, 0) is 12.3 Å². The molecule has 0 bridgehead atoms. The number of rotatable bonds is 6. The van der Waals surface area contributed by atoms with Crippen molar-refractivity contribution >= 4 is 39.0 Å². The van der Waals surface area contributed by atoms with Crippen LogP contribution < -0.4 is 5.32 Å². The third-order valence-electron chi connectivity index (χ3n) is 2.77. The van der Waals surface area contributed by atoms with Gasteiger partial charge >= 0.3 is 0 Å². The van der Waals surface area contributed by atoms with Gasteiger partial charge in [-0.25, -0.2) is 4.98 Å². The maximum atomic E-state index is 4.67. The van der Waals surface area contributed by atoms with Crippen LogP contribution in [0.2, 0.25) is 0 Å². The molecule has 0 atom stereocenters. The second-order valence-electron chi connectivity index (χ2n) is 4.90. The van der Waals surface area contributed by atoms with Crippen LogP contribution in [0.3, 0.4) is 0 Å². The molecule has 0 radical (unpaired) electrons. The highest BCUT2D eigenvalue weighted by Gasteiger charge is 2.08. The van der Waals surface area contributed by atoms with Gasteiger partial charge in [0.05, 0.1) is 11.4 Å². The predicted octanol–water partition coefficient (Wildman–Crippen LogP) is 5.00. The van der Waals surface area contributed by atoms with Crippen LogP contribution >= 0.6 is 39.0 Å².